The Labute approximate surface area is 429 Å². The van der Waals surface area contributed by atoms with Crippen molar-refractivity contribution in [3.05, 3.63) is 48.6 Å². The molecule has 0 rings (SSSR count). The van der Waals surface area contributed by atoms with Crippen molar-refractivity contribution in [2.24, 2.45) is 0 Å². The predicted octanol–water partition coefficient (Wildman–Crippen LogP) is 19.0. The van der Waals surface area contributed by atoms with Crippen LogP contribution in [0.15, 0.2) is 48.6 Å². The third-order valence-electron chi connectivity index (χ3n) is 13.8. The van der Waals surface area contributed by atoms with E-state index in [2.05, 4.69) is 55.6 Å². The molecule has 0 aromatic heterocycles. The summed E-state index contributed by atoms with van der Waals surface area (Å²) in [7, 11) is 0. The zero-order valence-electron chi connectivity index (χ0n) is 46.0. The van der Waals surface area contributed by atoms with E-state index in [4.69, 9.17) is 4.74 Å². The number of nitrogens with one attached hydrogen (secondary N) is 1. The van der Waals surface area contributed by atoms with E-state index in [-0.39, 0.29) is 18.5 Å². The van der Waals surface area contributed by atoms with Crippen molar-refractivity contribution in [3.63, 3.8) is 0 Å². The maximum atomic E-state index is 12.5. The Balaban J connectivity index is 3.52. The summed E-state index contributed by atoms with van der Waals surface area (Å²) in [5.41, 5.74) is 0. The summed E-state index contributed by atoms with van der Waals surface area (Å²) in [6.07, 6.45) is 74.2. The largest absolute Gasteiger partial charge is 0.466 e. The van der Waals surface area contributed by atoms with Gasteiger partial charge in [0.25, 0.3) is 0 Å². The Kier molecular flexibility index (Phi) is 56.5. The molecule has 0 fully saturated rings. The number of hydrogen-bond donors (Lipinski definition) is 3. The highest BCUT2D eigenvalue weighted by molar-refractivity contribution is 5.76. The predicted molar refractivity (Wildman–Crippen MR) is 301 cm³/mol. The van der Waals surface area contributed by atoms with Gasteiger partial charge in [0.2, 0.25) is 5.91 Å². The Bertz CT molecular complexity index is 1160. The van der Waals surface area contributed by atoms with Gasteiger partial charge in [-0.15, -0.1) is 0 Å². The SMILES string of the molecule is CCCCC/C=C\C/C=C\CCCCCCCCCCCC(=O)OCCCCC/C=C\CCCCCCCC(=O)NC(CO)C(O)/C=C/CCCCCCCCCCCCCCCCCCCCC. The van der Waals surface area contributed by atoms with Crippen molar-refractivity contribution in [2.45, 2.75) is 328 Å². The van der Waals surface area contributed by atoms with Crippen LogP contribution in [0, 0.1) is 0 Å². The number of hydrogen-bond acceptors (Lipinski definition) is 5. The van der Waals surface area contributed by atoms with Gasteiger partial charge in [-0.05, 0) is 96.3 Å². The van der Waals surface area contributed by atoms with Crippen molar-refractivity contribution in [2.75, 3.05) is 13.2 Å². The molecule has 69 heavy (non-hydrogen) atoms. The first-order chi connectivity index (χ1) is 34.0. The fourth-order valence-electron chi connectivity index (χ4n) is 9.13. The second-order valence-corrected chi connectivity index (χ2v) is 20.7. The number of carbonyl (C=O) groups is 2. The highest BCUT2D eigenvalue weighted by Crippen LogP contribution is 2.17. The Morgan fingerprint density at radius 1 is 0.406 bits per heavy atom. The lowest BCUT2D eigenvalue weighted by molar-refractivity contribution is -0.143. The first-order valence-corrected chi connectivity index (χ1v) is 30.4. The summed E-state index contributed by atoms with van der Waals surface area (Å²) in [6, 6.07) is -0.649. The minimum absolute atomic E-state index is 0.0281. The molecule has 0 heterocycles. The first kappa shape index (κ1) is 66.8. The first-order valence-electron chi connectivity index (χ1n) is 30.4. The number of unbranched alkanes of at least 4 members (excludes halogenated alkanes) is 39. The summed E-state index contributed by atoms with van der Waals surface area (Å²) in [6.45, 7) is 4.83. The fraction of sp³-hybridized carbons (Fsp3) is 0.841. The van der Waals surface area contributed by atoms with Gasteiger partial charge < -0.3 is 20.3 Å². The molecule has 6 nitrogen and oxygen atoms in total. The molecule has 0 aromatic rings. The number of allylic oxidation sites excluding steroid dienone is 7. The van der Waals surface area contributed by atoms with Crippen LogP contribution in [-0.2, 0) is 14.3 Å². The molecule has 2 atom stereocenters. The second-order valence-electron chi connectivity index (χ2n) is 20.7. The highest BCUT2D eigenvalue weighted by atomic mass is 16.5. The highest BCUT2D eigenvalue weighted by Gasteiger charge is 2.18. The maximum Gasteiger partial charge on any atom is 0.305 e. The molecule has 0 spiro atoms. The maximum absolute atomic E-state index is 12.5. The van der Waals surface area contributed by atoms with E-state index < -0.39 is 12.1 Å². The van der Waals surface area contributed by atoms with Crippen LogP contribution >= 0.6 is 0 Å². The number of amides is 1. The normalized spacial score (nSPS) is 12.9. The molecular weight excluding hydrogens is 851 g/mol. The molecule has 0 saturated carbocycles. The van der Waals surface area contributed by atoms with E-state index in [1.54, 1.807) is 6.08 Å². The van der Waals surface area contributed by atoms with Gasteiger partial charge >= 0.3 is 5.97 Å². The minimum atomic E-state index is -0.863. The fourth-order valence-corrected chi connectivity index (χ4v) is 9.13. The smallest absolute Gasteiger partial charge is 0.305 e. The summed E-state index contributed by atoms with van der Waals surface area (Å²) in [5, 5.41) is 23.2. The molecule has 0 aliphatic carbocycles. The molecule has 0 aromatic carbocycles. The Hall–Kier alpha value is -2.18. The number of aliphatic hydroxyl groups excluding tert-OH is 2. The molecule has 0 aliphatic heterocycles. The van der Waals surface area contributed by atoms with Gasteiger partial charge in [0.15, 0.2) is 0 Å². The summed E-state index contributed by atoms with van der Waals surface area (Å²) < 4.78 is 5.47. The third-order valence-corrected chi connectivity index (χ3v) is 13.8. The molecule has 6 heteroatoms. The van der Waals surface area contributed by atoms with Gasteiger partial charge in [-0.3, -0.25) is 9.59 Å². The lowest BCUT2D eigenvalue weighted by Crippen LogP contribution is -2.45. The number of carbonyl (C=O) groups excluding carboxylic acids is 2. The molecule has 3 N–H and O–H groups in total. The molecule has 2 unspecified atom stereocenters. The van der Waals surface area contributed by atoms with Crippen molar-refractivity contribution in [1.82, 2.24) is 5.32 Å². The third kappa shape index (κ3) is 55.0. The molecular formula is C63H117NO5. The van der Waals surface area contributed by atoms with Crippen LogP contribution in [0.1, 0.15) is 316 Å². The van der Waals surface area contributed by atoms with Gasteiger partial charge in [-0.1, -0.05) is 255 Å². The van der Waals surface area contributed by atoms with E-state index in [9.17, 15) is 19.8 Å². The molecule has 1 amide bonds. The number of ether oxygens (including phenoxy) is 1. The van der Waals surface area contributed by atoms with Crippen LogP contribution in [0.5, 0.6) is 0 Å². The van der Waals surface area contributed by atoms with Crippen LogP contribution in [0.25, 0.3) is 0 Å². The van der Waals surface area contributed by atoms with Crippen LogP contribution in [0.2, 0.25) is 0 Å². The van der Waals surface area contributed by atoms with Gasteiger partial charge in [0, 0.05) is 12.8 Å². The molecule has 0 radical (unpaired) electrons. The van der Waals surface area contributed by atoms with Crippen molar-refractivity contribution in [1.29, 1.82) is 0 Å². The van der Waals surface area contributed by atoms with Crippen molar-refractivity contribution < 1.29 is 24.5 Å². The van der Waals surface area contributed by atoms with Gasteiger partial charge in [0.05, 0.1) is 25.4 Å². The van der Waals surface area contributed by atoms with Crippen molar-refractivity contribution >= 4 is 11.9 Å². The molecule has 0 bridgehead atoms. The van der Waals surface area contributed by atoms with E-state index in [1.165, 1.54) is 199 Å². The Morgan fingerprint density at radius 3 is 1.14 bits per heavy atom. The van der Waals surface area contributed by atoms with Crippen LogP contribution in [0.3, 0.4) is 0 Å². The summed E-state index contributed by atoms with van der Waals surface area (Å²) >= 11 is 0. The zero-order chi connectivity index (χ0) is 50.0. The van der Waals surface area contributed by atoms with Gasteiger partial charge in [0.1, 0.15) is 0 Å². The molecule has 0 saturated heterocycles. The van der Waals surface area contributed by atoms with E-state index in [0.717, 1.165) is 89.9 Å². The molecule has 0 aliphatic rings. The minimum Gasteiger partial charge on any atom is -0.466 e. The van der Waals surface area contributed by atoms with Gasteiger partial charge in [-0.25, -0.2) is 0 Å². The topological polar surface area (TPSA) is 95.9 Å². The van der Waals surface area contributed by atoms with Crippen LogP contribution < -0.4 is 5.32 Å². The average Bonchev–Trinajstić information content (AvgIpc) is 3.35. The lowest BCUT2D eigenvalue weighted by atomic mass is 10.0. The van der Waals surface area contributed by atoms with Gasteiger partial charge in [-0.2, -0.15) is 0 Å². The van der Waals surface area contributed by atoms with E-state index in [1.807, 2.05) is 6.08 Å². The lowest BCUT2D eigenvalue weighted by Gasteiger charge is -2.20. The van der Waals surface area contributed by atoms with Crippen LogP contribution in [0.4, 0.5) is 0 Å². The second kappa shape index (κ2) is 58.4. The van der Waals surface area contributed by atoms with E-state index in [0.29, 0.717) is 19.4 Å². The monoisotopic (exact) mass is 968 g/mol. The summed E-state index contributed by atoms with van der Waals surface area (Å²) in [5.74, 6) is -0.120. The Morgan fingerprint density at radius 2 is 0.725 bits per heavy atom. The van der Waals surface area contributed by atoms with Crippen molar-refractivity contribution in [3.8, 4) is 0 Å². The quantitative estimate of drug-likeness (QED) is 0.0321. The van der Waals surface area contributed by atoms with Crippen LogP contribution in [-0.4, -0.2) is 47.4 Å². The standard InChI is InChI=1S/C63H117NO5/c1-3-5-7-9-11-13-15-17-19-21-23-24-26-27-29-31-35-39-43-47-51-55-61(66)60(59-65)64-62(67)56-52-48-44-40-36-33-34-38-42-46-50-54-58-69-63(68)57-53-49-45-41-37-32-30-28-25-22-20-18-16-14-12-10-8-6-4-2/h12,14,18,20,34,38,51,55,60-61,65-66H,3-11,13,15-17,19,21-33,35-37,39-50,52-54,56-59H2,1-2H3,(H,64,67)/b14-12-,20-18-,38-34-,55-51+. The number of rotatable bonds is 56. The molecule has 404 valence electrons. The zero-order valence-corrected chi connectivity index (χ0v) is 46.0. The number of esters is 1. The average molecular weight is 969 g/mol. The number of aliphatic hydroxyl groups is 2. The van der Waals surface area contributed by atoms with E-state index >= 15 is 0 Å². The summed E-state index contributed by atoms with van der Waals surface area (Å²) in [4.78, 5) is 24.6.